The second kappa shape index (κ2) is 9.09. The van der Waals surface area contributed by atoms with Crippen molar-refractivity contribution in [3.8, 4) is 0 Å². The summed E-state index contributed by atoms with van der Waals surface area (Å²) in [6.07, 6.45) is 4.84. The second-order valence-corrected chi connectivity index (χ2v) is 7.91. The lowest BCUT2D eigenvalue weighted by molar-refractivity contribution is -0.0310. The molecule has 3 unspecified atom stereocenters. The fraction of sp³-hybridized carbons (Fsp3) is 1.00. The monoisotopic (exact) mass is 300 g/mol. The van der Waals surface area contributed by atoms with Crippen LogP contribution < -0.4 is 5.32 Å². The summed E-state index contributed by atoms with van der Waals surface area (Å²) in [6, 6.07) is 0. The summed E-state index contributed by atoms with van der Waals surface area (Å²) in [5.41, 5.74) is 0.211. The van der Waals surface area contributed by atoms with Gasteiger partial charge in [0.25, 0.3) is 0 Å². The number of hydrogen-bond donors (Lipinski definition) is 2. The molecule has 0 aromatic carbocycles. The predicted octanol–water partition coefficient (Wildman–Crippen LogP) is 2.12. The zero-order valence-electron chi connectivity index (χ0n) is 14.7. The molecule has 3 atom stereocenters. The molecule has 0 aromatic heterocycles. The van der Waals surface area contributed by atoms with Gasteiger partial charge in [-0.3, -0.25) is 0 Å². The first-order valence-electron chi connectivity index (χ1n) is 8.43. The summed E-state index contributed by atoms with van der Waals surface area (Å²) < 4.78 is 5.86. The molecular formula is C17H36N2O2. The molecule has 126 valence electrons. The Morgan fingerprint density at radius 2 is 2.05 bits per heavy atom. The first-order chi connectivity index (χ1) is 9.78. The van der Waals surface area contributed by atoms with E-state index in [2.05, 4.69) is 45.1 Å². The molecule has 0 bridgehead atoms. The minimum atomic E-state index is -0.405. The van der Waals surface area contributed by atoms with Gasteiger partial charge in [-0.05, 0) is 38.3 Å². The van der Waals surface area contributed by atoms with E-state index in [0.717, 1.165) is 31.8 Å². The second-order valence-electron chi connectivity index (χ2n) is 7.91. The van der Waals surface area contributed by atoms with Crippen LogP contribution in [-0.4, -0.2) is 62.6 Å². The van der Waals surface area contributed by atoms with Crippen molar-refractivity contribution in [3.05, 3.63) is 0 Å². The number of ether oxygens (including phenoxy) is 1. The zero-order chi connectivity index (χ0) is 15.9. The van der Waals surface area contributed by atoms with Gasteiger partial charge in [0.2, 0.25) is 0 Å². The molecule has 0 aromatic rings. The van der Waals surface area contributed by atoms with Gasteiger partial charge in [-0.2, -0.15) is 0 Å². The maximum Gasteiger partial charge on any atom is 0.0897 e. The van der Waals surface area contributed by atoms with Crippen molar-refractivity contribution in [3.63, 3.8) is 0 Å². The van der Waals surface area contributed by atoms with Crippen LogP contribution in [0.1, 0.15) is 46.5 Å². The molecule has 4 heteroatoms. The highest BCUT2D eigenvalue weighted by atomic mass is 16.5. The van der Waals surface area contributed by atoms with Gasteiger partial charge in [0.15, 0.2) is 0 Å². The Balaban J connectivity index is 2.12. The van der Waals surface area contributed by atoms with Crippen molar-refractivity contribution >= 4 is 0 Å². The fourth-order valence-corrected chi connectivity index (χ4v) is 3.33. The average Bonchev–Trinajstić information content (AvgIpc) is 2.34. The van der Waals surface area contributed by atoms with Crippen LogP contribution in [0.15, 0.2) is 0 Å². The number of nitrogens with one attached hydrogen (secondary N) is 1. The Hall–Kier alpha value is -0.160. The smallest absolute Gasteiger partial charge is 0.0897 e. The summed E-state index contributed by atoms with van der Waals surface area (Å²) >= 11 is 0. The van der Waals surface area contributed by atoms with E-state index in [1.807, 2.05) is 0 Å². The fourth-order valence-electron chi connectivity index (χ4n) is 3.33. The largest absolute Gasteiger partial charge is 0.389 e. The molecule has 0 heterocycles. The first kappa shape index (κ1) is 18.9. The number of aliphatic hydroxyl groups excluding tert-OH is 1. The number of aliphatic hydroxyl groups is 1. The van der Waals surface area contributed by atoms with Crippen molar-refractivity contribution in [1.29, 1.82) is 0 Å². The highest BCUT2D eigenvalue weighted by Gasteiger charge is 2.21. The quantitative estimate of drug-likeness (QED) is 0.685. The molecule has 21 heavy (non-hydrogen) atoms. The van der Waals surface area contributed by atoms with Gasteiger partial charge in [0, 0.05) is 19.6 Å². The van der Waals surface area contributed by atoms with Crippen LogP contribution in [0, 0.1) is 11.3 Å². The van der Waals surface area contributed by atoms with Gasteiger partial charge >= 0.3 is 0 Å². The third-order valence-electron chi connectivity index (χ3n) is 4.14. The van der Waals surface area contributed by atoms with Crippen LogP contribution in [-0.2, 0) is 4.74 Å². The zero-order valence-corrected chi connectivity index (χ0v) is 14.7. The normalized spacial score (nSPS) is 25.3. The molecule has 0 radical (unpaired) electrons. The Labute approximate surface area is 131 Å². The van der Waals surface area contributed by atoms with Gasteiger partial charge in [-0.25, -0.2) is 0 Å². The predicted molar refractivity (Wildman–Crippen MR) is 88.6 cm³/mol. The molecule has 2 N–H and O–H groups in total. The Morgan fingerprint density at radius 1 is 1.33 bits per heavy atom. The van der Waals surface area contributed by atoms with Crippen LogP contribution in [0.3, 0.4) is 0 Å². The highest BCUT2D eigenvalue weighted by molar-refractivity contribution is 4.75. The molecule has 1 rings (SSSR count). The lowest BCUT2D eigenvalue weighted by atomic mass is 9.89. The lowest BCUT2D eigenvalue weighted by Crippen LogP contribution is -2.41. The van der Waals surface area contributed by atoms with Gasteiger partial charge in [-0.1, -0.05) is 33.6 Å². The molecule has 1 aliphatic carbocycles. The van der Waals surface area contributed by atoms with E-state index in [9.17, 15) is 5.11 Å². The number of hydrogen-bond acceptors (Lipinski definition) is 4. The minimum Gasteiger partial charge on any atom is -0.389 e. The van der Waals surface area contributed by atoms with E-state index >= 15 is 0 Å². The van der Waals surface area contributed by atoms with Crippen LogP contribution >= 0.6 is 0 Å². The third-order valence-corrected chi connectivity index (χ3v) is 4.14. The topological polar surface area (TPSA) is 44.7 Å². The molecule has 0 amide bonds. The minimum absolute atomic E-state index is 0.211. The molecule has 0 aliphatic heterocycles. The maximum absolute atomic E-state index is 10.0. The van der Waals surface area contributed by atoms with Gasteiger partial charge < -0.3 is 20.1 Å². The van der Waals surface area contributed by atoms with E-state index < -0.39 is 6.10 Å². The van der Waals surface area contributed by atoms with E-state index in [1.54, 1.807) is 0 Å². The van der Waals surface area contributed by atoms with Crippen LogP contribution in [0.5, 0.6) is 0 Å². The van der Waals surface area contributed by atoms with Gasteiger partial charge in [0.05, 0.1) is 18.8 Å². The van der Waals surface area contributed by atoms with Crippen molar-refractivity contribution in [2.24, 2.45) is 11.3 Å². The van der Waals surface area contributed by atoms with E-state index in [-0.39, 0.29) is 5.41 Å². The lowest BCUT2D eigenvalue weighted by Gasteiger charge is -2.30. The summed E-state index contributed by atoms with van der Waals surface area (Å²) in [5, 5.41) is 13.4. The Bertz CT molecular complexity index is 282. The summed E-state index contributed by atoms with van der Waals surface area (Å²) in [6.45, 7) is 9.78. The van der Waals surface area contributed by atoms with Crippen molar-refractivity contribution in [2.45, 2.75) is 58.7 Å². The molecule has 0 spiro atoms. The molecule has 1 fully saturated rings. The van der Waals surface area contributed by atoms with Gasteiger partial charge in [0.1, 0.15) is 0 Å². The molecule has 4 nitrogen and oxygen atoms in total. The van der Waals surface area contributed by atoms with E-state index in [0.29, 0.717) is 19.3 Å². The standard InChI is InChI=1S/C17H36N2O2/c1-14-7-6-8-16(9-14)21-11-15(20)10-18-12-17(2,3)13-19(4)5/h14-16,18,20H,6-13H2,1-5H3. The SMILES string of the molecule is CC1CCCC(OCC(O)CNCC(C)(C)CN(C)C)C1. The van der Waals surface area contributed by atoms with E-state index in [1.165, 1.54) is 12.8 Å². The van der Waals surface area contributed by atoms with Crippen LogP contribution in [0.4, 0.5) is 0 Å². The van der Waals surface area contributed by atoms with E-state index in [4.69, 9.17) is 4.74 Å². The average molecular weight is 300 g/mol. The third kappa shape index (κ3) is 8.77. The molecule has 1 aliphatic rings. The summed E-state index contributed by atoms with van der Waals surface area (Å²) in [4.78, 5) is 2.20. The van der Waals surface area contributed by atoms with Crippen molar-refractivity contribution in [1.82, 2.24) is 10.2 Å². The number of rotatable bonds is 9. The molecule has 0 saturated heterocycles. The van der Waals surface area contributed by atoms with Crippen molar-refractivity contribution in [2.75, 3.05) is 40.3 Å². The van der Waals surface area contributed by atoms with Crippen molar-refractivity contribution < 1.29 is 9.84 Å². The van der Waals surface area contributed by atoms with Crippen LogP contribution in [0.2, 0.25) is 0 Å². The first-order valence-corrected chi connectivity index (χ1v) is 8.43. The summed E-state index contributed by atoms with van der Waals surface area (Å²) in [5.74, 6) is 0.769. The summed E-state index contributed by atoms with van der Waals surface area (Å²) in [7, 11) is 4.19. The maximum atomic E-state index is 10.0. The Morgan fingerprint density at radius 3 is 2.67 bits per heavy atom. The van der Waals surface area contributed by atoms with Crippen LogP contribution in [0.25, 0.3) is 0 Å². The molecule has 1 saturated carbocycles. The molecular weight excluding hydrogens is 264 g/mol. The number of nitrogens with zero attached hydrogens (tertiary/aromatic N) is 1. The Kier molecular flexibility index (Phi) is 8.17. The highest BCUT2D eigenvalue weighted by Crippen LogP contribution is 2.25. The van der Waals surface area contributed by atoms with Gasteiger partial charge in [-0.15, -0.1) is 0 Å².